The first-order valence-electron chi connectivity index (χ1n) is 21.2. The van der Waals surface area contributed by atoms with Crippen LogP contribution in [0.4, 0.5) is 14.7 Å². The average molecular weight is 898 g/mol. The lowest BCUT2D eigenvalue weighted by atomic mass is 9.77. The summed E-state index contributed by atoms with van der Waals surface area (Å²) in [6.45, 7) is 15.9. The van der Waals surface area contributed by atoms with Gasteiger partial charge >= 0.3 is 12.2 Å². The maximum absolute atomic E-state index is 14.9. The quantitative estimate of drug-likeness (QED) is 0.0473. The molecule has 2 amide bonds. The molecule has 3 aliphatic carbocycles. The number of aromatic nitrogens is 2. The van der Waals surface area contributed by atoms with E-state index in [4.69, 9.17) is 38.2 Å². The van der Waals surface area contributed by atoms with Crippen LogP contribution in [0.2, 0.25) is 0 Å². The monoisotopic (exact) mass is 897 g/mol. The lowest BCUT2D eigenvalue weighted by Crippen LogP contribution is -2.53. The number of pyridine rings is 1. The second-order valence-corrected chi connectivity index (χ2v) is 21.3. The number of ether oxygens (including phenoxy) is 5. The Morgan fingerprint density at radius 3 is 2.40 bits per heavy atom. The maximum atomic E-state index is 14.9. The predicted octanol–water partition coefficient (Wildman–Crippen LogP) is 8.69. The summed E-state index contributed by atoms with van der Waals surface area (Å²) >= 11 is 1.46. The number of hydrogen-bond acceptors (Lipinski definition) is 15. The van der Waals surface area contributed by atoms with Gasteiger partial charge in [-0.05, 0) is 83.3 Å². The molecule has 3 fully saturated rings. The van der Waals surface area contributed by atoms with Crippen molar-refractivity contribution in [2.45, 2.75) is 116 Å². The minimum Gasteiger partial charge on any atom is -0.497 e. The number of thiazole rings is 1. The molecule has 0 aliphatic heterocycles. The average Bonchev–Trinajstić information content (AvgIpc) is 3.61. The number of carbonyl (C=O) groups is 4. The van der Waals surface area contributed by atoms with E-state index in [2.05, 4.69) is 22.5 Å². The van der Waals surface area contributed by atoms with Crippen molar-refractivity contribution >= 4 is 58.7 Å². The Labute approximate surface area is 367 Å². The molecule has 1 aromatic carbocycles. The largest absolute Gasteiger partial charge is 0.510 e. The Balaban J connectivity index is 1.32. The highest BCUT2D eigenvalue weighted by molar-refractivity contribution is 7.60. The van der Waals surface area contributed by atoms with Gasteiger partial charge in [0.15, 0.2) is 10.9 Å². The number of alkyl carbamates (subject to hydrolysis) is 1. The van der Waals surface area contributed by atoms with Gasteiger partial charge in [0.05, 0.1) is 36.9 Å². The zero-order chi connectivity index (χ0) is 45.0. The lowest BCUT2D eigenvalue weighted by molar-refractivity contribution is -0.135. The number of methoxy groups -OCH3 is 1. The van der Waals surface area contributed by atoms with Crippen molar-refractivity contribution in [1.29, 1.82) is 0 Å². The van der Waals surface area contributed by atoms with Gasteiger partial charge in [-0.25, -0.2) is 19.6 Å². The summed E-state index contributed by atoms with van der Waals surface area (Å²) in [6.07, 6.45) is 2.97. The normalized spacial score (nSPS) is 23.8. The zero-order valence-electron chi connectivity index (χ0n) is 36.8. The van der Waals surface area contributed by atoms with Crippen LogP contribution in [-0.2, 0) is 32.9 Å². The molecule has 4 unspecified atom stereocenters. The Bertz CT molecular complexity index is 2190. The fourth-order valence-corrected chi connectivity index (χ4v) is 11.3. The summed E-state index contributed by atoms with van der Waals surface area (Å²) in [7, 11) is -2.17. The summed E-state index contributed by atoms with van der Waals surface area (Å²) in [6, 6.07) is 6.42. The van der Waals surface area contributed by atoms with Crippen molar-refractivity contribution in [3.63, 3.8) is 0 Å². The third-order valence-electron chi connectivity index (χ3n) is 11.7. The Morgan fingerprint density at radius 2 is 1.76 bits per heavy atom. The van der Waals surface area contributed by atoms with Gasteiger partial charge < -0.3 is 39.6 Å². The number of nitrogens with one attached hydrogen (secondary N) is 3. The van der Waals surface area contributed by atoms with E-state index >= 15 is 0 Å². The molecule has 18 heteroatoms. The first-order chi connectivity index (χ1) is 29.4. The molecule has 0 saturated heterocycles. The third kappa shape index (κ3) is 10.7. The second kappa shape index (κ2) is 19.3. The van der Waals surface area contributed by atoms with Crippen LogP contribution in [0, 0.1) is 23.2 Å². The van der Waals surface area contributed by atoms with Crippen molar-refractivity contribution in [3.8, 4) is 22.9 Å². The van der Waals surface area contributed by atoms with E-state index in [9.17, 15) is 23.7 Å². The topological polar surface area (TPSA) is 203 Å². The first-order valence-corrected chi connectivity index (χ1v) is 24.2. The lowest BCUT2D eigenvalue weighted by Gasteiger charge is -2.34. The molecule has 7 atom stereocenters. The molecule has 3 saturated carbocycles. The summed E-state index contributed by atoms with van der Waals surface area (Å²) in [5.41, 5.74) is 1.02. The number of nitrogens with zero attached hydrogens (tertiary/aromatic N) is 2. The smallest absolute Gasteiger partial charge is 0.497 e. The summed E-state index contributed by atoms with van der Waals surface area (Å²) in [4.78, 5) is 64.5. The second-order valence-electron chi connectivity index (χ2n) is 17.7. The number of fused-ring (bicyclic) bond motifs is 1. The molecule has 0 radical (unpaired) electrons. The van der Waals surface area contributed by atoms with Gasteiger partial charge in [-0.3, -0.25) is 18.7 Å². The van der Waals surface area contributed by atoms with E-state index in [-0.39, 0.29) is 43.8 Å². The number of ketones is 1. The molecule has 62 heavy (non-hydrogen) atoms. The SMILES string of the molecule is C=C[C@@H]1C[C@]1(NC(=O)C1C[C@@H](Oc2cc(-c3csc(NC(C)C)n3)nc3cc(OC)ccc23)CC1C(=O)C(NC(=O)OC1CCCC1)C(C)(C)C)P(C)(=O)OCOC(=O)OCC. The number of amides is 2. The number of hydrogen-bond donors (Lipinski definition) is 3. The molecule has 2 heterocycles. The van der Waals surface area contributed by atoms with Crippen LogP contribution < -0.4 is 25.4 Å². The molecule has 3 N–H and O–H groups in total. The molecule has 0 spiro atoms. The van der Waals surface area contributed by atoms with E-state index in [0.717, 1.165) is 30.8 Å². The molecule has 338 valence electrons. The van der Waals surface area contributed by atoms with Crippen molar-refractivity contribution < 1.29 is 52.0 Å². The number of anilines is 1. The van der Waals surface area contributed by atoms with E-state index in [1.807, 2.05) is 52.1 Å². The van der Waals surface area contributed by atoms with Crippen molar-refractivity contribution in [1.82, 2.24) is 20.6 Å². The van der Waals surface area contributed by atoms with Crippen LogP contribution in [0.3, 0.4) is 0 Å². The van der Waals surface area contributed by atoms with E-state index in [1.165, 1.54) is 18.0 Å². The number of rotatable bonds is 18. The summed E-state index contributed by atoms with van der Waals surface area (Å²) in [5.74, 6) is -2.15. The van der Waals surface area contributed by atoms with Crippen LogP contribution in [0.25, 0.3) is 22.3 Å². The van der Waals surface area contributed by atoms with Gasteiger partial charge in [0, 0.05) is 47.4 Å². The van der Waals surface area contributed by atoms with E-state index in [1.54, 1.807) is 32.2 Å². The van der Waals surface area contributed by atoms with E-state index in [0.29, 0.717) is 33.8 Å². The molecule has 0 bridgehead atoms. The first kappa shape index (κ1) is 46.8. The molecule has 3 aromatic rings. The molecule has 3 aliphatic rings. The van der Waals surface area contributed by atoms with E-state index < -0.39 is 72.9 Å². The van der Waals surface area contributed by atoms with Crippen molar-refractivity contribution in [3.05, 3.63) is 42.3 Å². The number of carbonyl (C=O) groups excluding carboxylic acids is 4. The highest BCUT2D eigenvalue weighted by Gasteiger charge is 2.65. The van der Waals surface area contributed by atoms with Gasteiger partial charge in [0.25, 0.3) is 0 Å². The van der Waals surface area contributed by atoms with Crippen LogP contribution in [0.1, 0.15) is 86.5 Å². The maximum Gasteiger partial charge on any atom is 0.510 e. The van der Waals surface area contributed by atoms with Crippen molar-refractivity contribution in [2.24, 2.45) is 23.2 Å². The standard InChI is InChI=1S/C44H60N5O11PS/c1-10-26-22-44(26,61(9,54)58-24-57-42(53)56-11-2)49-39(51)32-19-29(18-31(32)37(50)38(43(5,6)7)48-41(52)60-27-14-12-13-15-27)59-36-21-34(35-23-62-40(47-35)45-25(3)4)46-33-20-28(55-8)16-17-30(33)36/h10,16-17,20-21,23,25-27,29,31-32,38H,1,11-15,18-19,22,24H2,2-9H3,(H,45,47)(H,48,52)(H,49,51)/t26-,29+,31?,32?,38?,44+,61?/m1/s1. The Morgan fingerprint density at radius 1 is 1.03 bits per heavy atom. The minimum atomic E-state index is -3.75. The van der Waals surface area contributed by atoms with Gasteiger partial charge in [-0.1, -0.05) is 26.8 Å². The van der Waals surface area contributed by atoms with Crippen LogP contribution in [0.15, 0.2) is 42.3 Å². The van der Waals surface area contributed by atoms with Gasteiger partial charge in [-0.2, -0.15) is 0 Å². The fraction of sp³-hybridized carbons (Fsp3) is 0.591. The van der Waals surface area contributed by atoms with Crippen LogP contribution in [0.5, 0.6) is 11.5 Å². The molecule has 6 rings (SSSR count). The fourth-order valence-electron chi connectivity index (χ4n) is 8.37. The highest BCUT2D eigenvalue weighted by atomic mass is 32.1. The molecular weight excluding hydrogens is 838 g/mol. The van der Waals surface area contributed by atoms with Gasteiger partial charge in [-0.15, -0.1) is 17.9 Å². The number of Topliss-reactive ketones (excluding diaryl/α,β-unsaturated/α-hetero) is 1. The predicted molar refractivity (Wildman–Crippen MR) is 236 cm³/mol. The molecular formula is C44H60N5O11PS. The molecule has 2 aromatic heterocycles. The summed E-state index contributed by atoms with van der Waals surface area (Å²) in [5, 5.41) is 11.2. The third-order valence-corrected chi connectivity index (χ3v) is 15.2. The van der Waals surface area contributed by atoms with Crippen molar-refractivity contribution in [2.75, 3.05) is 32.5 Å². The highest BCUT2D eigenvalue weighted by Crippen LogP contribution is 2.70. The Kier molecular flexibility index (Phi) is 14.6. The van der Waals surface area contributed by atoms with Crippen LogP contribution in [-0.4, -0.2) is 90.7 Å². The molecule has 16 nitrogen and oxygen atoms in total. The number of benzene rings is 1. The van der Waals surface area contributed by atoms with Crippen LogP contribution >= 0.6 is 18.7 Å². The van der Waals surface area contributed by atoms with Gasteiger partial charge in [0.1, 0.15) is 34.7 Å². The van der Waals surface area contributed by atoms with Gasteiger partial charge in [0.2, 0.25) is 20.1 Å². The Hall–Kier alpha value is -4.73. The minimum absolute atomic E-state index is 0.0799. The summed E-state index contributed by atoms with van der Waals surface area (Å²) < 4.78 is 47.7. The zero-order valence-corrected chi connectivity index (χ0v) is 38.5.